The van der Waals surface area contributed by atoms with Gasteiger partial charge in [-0.05, 0) is 49.3 Å². The van der Waals surface area contributed by atoms with Crippen molar-refractivity contribution in [2.75, 3.05) is 25.1 Å². The minimum absolute atomic E-state index is 0.257. The summed E-state index contributed by atoms with van der Waals surface area (Å²) in [4.78, 5) is 6.99. The van der Waals surface area contributed by atoms with Gasteiger partial charge < -0.3 is 9.64 Å². The van der Waals surface area contributed by atoms with E-state index in [0.29, 0.717) is 5.92 Å². The van der Waals surface area contributed by atoms with Crippen molar-refractivity contribution in [3.05, 3.63) is 30.5 Å². The van der Waals surface area contributed by atoms with Gasteiger partial charge >= 0.3 is 0 Å². The highest BCUT2D eigenvalue weighted by molar-refractivity contribution is 6.20. The molecule has 1 aliphatic rings. The summed E-state index contributed by atoms with van der Waals surface area (Å²) in [5, 5.41) is 2.62. The van der Waals surface area contributed by atoms with Gasteiger partial charge in [-0.15, -0.1) is 11.6 Å². The van der Waals surface area contributed by atoms with Gasteiger partial charge in [0, 0.05) is 30.0 Å². The lowest BCUT2D eigenvalue weighted by Crippen LogP contribution is -2.36. The molecule has 21 heavy (non-hydrogen) atoms. The van der Waals surface area contributed by atoms with Crippen LogP contribution in [0.15, 0.2) is 30.5 Å². The van der Waals surface area contributed by atoms with Crippen LogP contribution in [0.2, 0.25) is 0 Å². The zero-order chi connectivity index (χ0) is 14.8. The first-order valence-electron chi connectivity index (χ1n) is 7.51. The Labute approximate surface area is 130 Å². The number of pyridine rings is 1. The molecule has 4 heteroatoms. The Hall–Kier alpha value is -1.48. The van der Waals surface area contributed by atoms with Crippen molar-refractivity contribution in [2.45, 2.75) is 25.1 Å². The number of ether oxygens (including phenoxy) is 1. The molecule has 1 aromatic heterocycles. The molecule has 112 valence electrons. The van der Waals surface area contributed by atoms with Crippen LogP contribution in [0.25, 0.3) is 10.8 Å². The van der Waals surface area contributed by atoms with Crippen molar-refractivity contribution in [2.24, 2.45) is 5.92 Å². The molecule has 2 aromatic rings. The fraction of sp³-hybridized carbons (Fsp3) is 0.471. The minimum Gasteiger partial charge on any atom is -0.497 e. The minimum atomic E-state index is 0.257. The zero-order valence-electron chi connectivity index (χ0n) is 12.6. The lowest BCUT2D eigenvalue weighted by molar-refractivity contribution is 0.399. The normalized spacial score (nSPS) is 18.0. The van der Waals surface area contributed by atoms with E-state index in [1.54, 1.807) is 7.11 Å². The second-order valence-electron chi connectivity index (χ2n) is 5.72. The van der Waals surface area contributed by atoms with E-state index in [9.17, 15) is 0 Å². The fourth-order valence-corrected chi connectivity index (χ4v) is 3.33. The van der Waals surface area contributed by atoms with E-state index in [0.717, 1.165) is 42.9 Å². The monoisotopic (exact) mass is 304 g/mol. The van der Waals surface area contributed by atoms with Gasteiger partial charge in [0.15, 0.2) is 0 Å². The number of aromatic nitrogens is 1. The van der Waals surface area contributed by atoms with Crippen LogP contribution in [0.4, 0.5) is 5.82 Å². The van der Waals surface area contributed by atoms with Crippen LogP contribution in [-0.4, -0.2) is 30.6 Å². The number of anilines is 1. The molecule has 0 saturated carbocycles. The first kappa shape index (κ1) is 14.5. The molecule has 0 aliphatic carbocycles. The molecule has 1 saturated heterocycles. The number of piperidine rings is 1. The Kier molecular flexibility index (Phi) is 4.20. The van der Waals surface area contributed by atoms with E-state index >= 15 is 0 Å². The molecular formula is C17H21ClN2O. The molecule has 1 aromatic carbocycles. The Morgan fingerprint density at radius 2 is 2.05 bits per heavy atom. The predicted octanol–water partition coefficient (Wildman–Crippen LogP) is 4.09. The fourth-order valence-electron chi connectivity index (χ4n) is 3.08. The van der Waals surface area contributed by atoms with Gasteiger partial charge in [0.1, 0.15) is 11.6 Å². The summed E-state index contributed by atoms with van der Waals surface area (Å²) < 4.78 is 5.35. The number of benzene rings is 1. The maximum absolute atomic E-state index is 6.23. The second-order valence-corrected chi connectivity index (χ2v) is 6.41. The molecule has 1 unspecified atom stereocenters. The molecule has 0 bridgehead atoms. The number of hydrogen-bond acceptors (Lipinski definition) is 3. The third-order valence-corrected chi connectivity index (χ3v) is 4.80. The van der Waals surface area contributed by atoms with E-state index in [-0.39, 0.29) is 5.38 Å². The predicted molar refractivity (Wildman–Crippen MR) is 88.5 cm³/mol. The van der Waals surface area contributed by atoms with Crippen LogP contribution < -0.4 is 9.64 Å². The van der Waals surface area contributed by atoms with Crippen LogP contribution in [0.5, 0.6) is 5.75 Å². The van der Waals surface area contributed by atoms with E-state index < -0.39 is 0 Å². The van der Waals surface area contributed by atoms with Crippen molar-refractivity contribution >= 4 is 28.2 Å². The van der Waals surface area contributed by atoms with Crippen LogP contribution >= 0.6 is 11.6 Å². The van der Waals surface area contributed by atoms with Crippen LogP contribution in [0.1, 0.15) is 19.8 Å². The highest BCUT2D eigenvalue weighted by atomic mass is 35.5. The summed E-state index contributed by atoms with van der Waals surface area (Å²) in [5.41, 5.74) is 0. The molecule has 1 fully saturated rings. The van der Waals surface area contributed by atoms with Gasteiger partial charge in [0.25, 0.3) is 0 Å². The van der Waals surface area contributed by atoms with Crippen LogP contribution in [-0.2, 0) is 0 Å². The molecule has 1 aliphatic heterocycles. The highest BCUT2D eigenvalue weighted by Gasteiger charge is 2.24. The molecular weight excluding hydrogens is 284 g/mol. The molecule has 2 heterocycles. The maximum Gasteiger partial charge on any atom is 0.136 e. The van der Waals surface area contributed by atoms with Crippen LogP contribution in [0, 0.1) is 5.92 Å². The topological polar surface area (TPSA) is 25.4 Å². The second kappa shape index (κ2) is 6.10. The first-order chi connectivity index (χ1) is 10.2. The van der Waals surface area contributed by atoms with E-state index in [1.807, 2.05) is 18.3 Å². The number of halogens is 1. The summed E-state index contributed by atoms with van der Waals surface area (Å²) >= 11 is 6.23. The summed E-state index contributed by atoms with van der Waals surface area (Å²) in [7, 11) is 1.70. The summed E-state index contributed by atoms with van der Waals surface area (Å²) in [5.74, 6) is 2.56. The van der Waals surface area contributed by atoms with Crippen molar-refractivity contribution in [3.63, 3.8) is 0 Å². The Morgan fingerprint density at radius 3 is 2.71 bits per heavy atom. The molecule has 1 atom stereocenters. The number of alkyl halides is 1. The lowest BCUT2D eigenvalue weighted by Gasteiger charge is -2.34. The molecule has 3 nitrogen and oxygen atoms in total. The third-order valence-electron chi connectivity index (χ3n) is 4.44. The number of methoxy groups -OCH3 is 1. The van der Waals surface area contributed by atoms with Crippen molar-refractivity contribution in [3.8, 4) is 5.75 Å². The summed E-state index contributed by atoms with van der Waals surface area (Å²) in [6.45, 7) is 4.14. The molecule has 0 amide bonds. The van der Waals surface area contributed by atoms with Crippen molar-refractivity contribution in [1.29, 1.82) is 0 Å². The standard InChI is InChI=1S/C17H21ClN2O/c1-12(18)13-6-9-20(10-7-13)17-16-11-15(21-2)4-3-14(16)5-8-19-17/h3-5,8,11-13H,6-7,9-10H2,1-2H3. The third kappa shape index (κ3) is 2.93. The lowest BCUT2D eigenvalue weighted by atomic mass is 9.94. The summed E-state index contributed by atoms with van der Waals surface area (Å²) in [6, 6.07) is 8.21. The number of nitrogens with zero attached hydrogens (tertiary/aromatic N) is 2. The Bertz CT molecular complexity index is 621. The van der Waals surface area contributed by atoms with Gasteiger partial charge in [-0.1, -0.05) is 6.07 Å². The van der Waals surface area contributed by atoms with E-state index in [4.69, 9.17) is 16.3 Å². The van der Waals surface area contributed by atoms with Gasteiger partial charge in [-0.25, -0.2) is 4.98 Å². The van der Waals surface area contributed by atoms with Gasteiger partial charge in [0.05, 0.1) is 7.11 Å². The zero-order valence-corrected chi connectivity index (χ0v) is 13.3. The average molecular weight is 305 g/mol. The molecule has 0 spiro atoms. The molecule has 3 rings (SSSR count). The van der Waals surface area contributed by atoms with Crippen molar-refractivity contribution in [1.82, 2.24) is 4.98 Å². The van der Waals surface area contributed by atoms with E-state index in [2.05, 4.69) is 28.9 Å². The maximum atomic E-state index is 6.23. The number of hydrogen-bond donors (Lipinski definition) is 0. The average Bonchev–Trinajstić information content (AvgIpc) is 2.54. The first-order valence-corrected chi connectivity index (χ1v) is 7.94. The Morgan fingerprint density at radius 1 is 1.29 bits per heavy atom. The SMILES string of the molecule is COc1ccc2ccnc(N3CCC(C(C)Cl)CC3)c2c1. The van der Waals surface area contributed by atoms with Crippen LogP contribution in [0.3, 0.4) is 0 Å². The van der Waals surface area contributed by atoms with E-state index in [1.165, 1.54) is 5.39 Å². The highest BCUT2D eigenvalue weighted by Crippen LogP contribution is 2.32. The van der Waals surface area contributed by atoms with Gasteiger partial charge in [0.2, 0.25) is 0 Å². The quantitative estimate of drug-likeness (QED) is 0.799. The number of rotatable bonds is 3. The smallest absolute Gasteiger partial charge is 0.136 e. The van der Waals surface area contributed by atoms with Gasteiger partial charge in [-0.2, -0.15) is 0 Å². The van der Waals surface area contributed by atoms with Crippen molar-refractivity contribution < 1.29 is 4.74 Å². The van der Waals surface area contributed by atoms with Gasteiger partial charge in [-0.3, -0.25) is 0 Å². The summed E-state index contributed by atoms with van der Waals surface area (Å²) in [6.07, 6.45) is 4.15. The largest absolute Gasteiger partial charge is 0.497 e. The molecule has 0 N–H and O–H groups in total. The molecule has 0 radical (unpaired) electrons. The number of fused-ring (bicyclic) bond motifs is 1. The Balaban J connectivity index is 1.90.